The first-order valence-electron chi connectivity index (χ1n) is 19.4. The molecule has 0 aliphatic heterocycles. The third-order valence-electron chi connectivity index (χ3n) is 12.3. The first kappa shape index (κ1) is 33.2. The van der Waals surface area contributed by atoms with E-state index >= 15 is 0 Å². The van der Waals surface area contributed by atoms with Crippen molar-refractivity contribution in [3.8, 4) is 55.6 Å². The van der Waals surface area contributed by atoms with E-state index in [1.807, 2.05) is 0 Å². The SMILES string of the molecule is CC1(C)c2ccccc2-c2ccc(-c3cccc(N(c4cccc(-c5ccccc5)c4)c4cccc(-c5ccc6c(c5)C(C)(C)c5ccccc5-6)c4)c3)cc21. The third kappa shape index (κ3) is 5.37. The maximum Gasteiger partial charge on any atom is 0.0467 e. The molecule has 1 heteroatoms. The molecule has 0 N–H and O–H groups in total. The molecule has 0 bridgehead atoms. The summed E-state index contributed by atoms with van der Waals surface area (Å²) in [4.78, 5) is 2.42. The molecule has 10 rings (SSSR count). The predicted molar refractivity (Wildman–Crippen MR) is 233 cm³/mol. The fourth-order valence-corrected chi connectivity index (χ4v) is 9.32. The molecule has 55 heavy (non-hydrogen) atoms. The number of benzene rings is 8. The molecule has 8 aromatic rings. The summed E-state index contributed by atoms with van der Waals surface area (Å²) in [5.74, 6) is 0. The monoisotopic (exact) mass is 705 g/mol. The number of hydrogen-bond acceptors (Lipinski definition) is 1. The van der Waals surface area contributed by atoms with E-state index in [0.29, 0.717) is 0 Å². The fourth-order valence-electron chi connectivity index (χ4n) is 9.32. The first-order chi connectivity index (χ1) is 26.8. The van der Waals surface area contributed by atoms with E-state index in [-0.39, 0.29) is 10.8 Å². The molecule has 0 atom stereocenters. The second-order valence-corrected chi connectivity index (χ2v) is 16.2. The Bertz CT molecular complexity index is 2620. The maximum atomic E-state index is 2.42. The highest BCUT2D eigenvalue weighted by atomic mass is 15.1. The minimum Gasteiger partial charge on any atom is -0.310 e. The lowest BCUT2D eigenvalue weighted by Gasteiger charge is -2.27. The highest BCUT2D eigenvalue weighted by molar-refractivity contribution is 5.88. The predicted octanol–water partition coefficient (Wildman–Crippen LogP) is 14.8. The molecule has 0 unspecified atom stereocenters. The van der Waals surface area contributed by atoms with Crippen molar-refractivity contribution >= 4 is 17.1 Å². The Hall–Kier alpha value is -6.44. The Balaban J connectivity index is 1.09. The van der Waals surface area contributed by atoms with Gasteiger partial charge < -0.3 is 4.90 Å². The Morgan fingerprint density at radius 1 is 0.273 bits per heavy atom. The van der Waals surface area contributed by atoms with Crippen molar-refractivity contribution in [3.63, 3.8) is 0 Å². The summed E-state index contributed by atoms with van der Waals surface area (Å²) in [7, 11) is 0. The van der Waals surface area contributed by atoms with Gasteiger partial charge in [0.25, 0.3) is 0 Å². The molecule has 0 fully saturated rings. The van der Waals surface area contributed by atoms with Crippen molar-refractivity contribution in [1.82, 2.24) is 0 Å². The van der Waals surface area contributed by atoms with E-state index < -0.39 is 0 Å². The van der Waals surface area contributed by atoms with Gasteiger partial charge in [0.1, 0.15) is 0 Å². The summed E-state index contributed by atoms with van der Waals surface area (Å²) in [6.45, 7) is 9.42. The topological polar surface area (TPSA) is 3.24 Å². The molecule has 0 aromatic heterocycles. The van der Waals surface area contributed by atoms with Crippen molar-refractivity contribution in [2.45, 2.75) is 38.5 Å². The summed E-state index contributed by atoms with van der Waals surface area (Å²) >= 11 is 0. The Morgan fingerprint density at radius 3 is 1.07 bits per heavy atom. The van der Waals surface area contributed by atoms with E-state index in [0.717, 1.165) is 17.1 Å². The van der Waals surface area contributed by atoms with Gasteiger partial charge in [0.15, 0.2) is 0 Å². The smallest absolute Gasteiger partial charge is 0.0467 e. The molecule has 0 amide bonds. The number of fused-ring (bicyclic) bond motifs is 6. The average Bonchev–Trinajstić information content (AvgIpc) is 3.60. The van der Waals surface area contributed by atoms with Crippen LogP contribution in [-0.4, -0.2) is 0 Å². The van der Waals surface area contributed by atoms with Crippen LogP contribution in [0.15, 0.2) is 188 Å². The van der Waals surface area contributed by atoms with E-state index in [1.165, 1.54) is 77.9 Å². The number of rotatable bonds is 6. The fraction of sp³-hybridized carbons (Fsp3) is 0.111. The molecule has 0 saturated heterocycles. The first-order valence-corrected chi connectivity index (χ1v) is 19.4. The van der Waals surface area contributed by atoms with E-state index in [9.17, 15) is 0 Å². The maximum absolute atomic E-state index is 2.42. The van der Waals surface area contributed by atoms with Crippen LogP contribution < -0.4 is 4.90 Å². The number of anilines is 3. The van der Waals surface area contributed by atoms with Gasteiger partial charge in [-0.3, -0.25) is 0 Å². The molecule has 8 aromatic carbocycles. The van der Waals surface area contributed by atoms with E-state index in [2.05, 4.69) is 221 Å². The van der Waals surface area contributed by atoms with Crippen LogP contribution in [0.3, 0.4) is 0 Å². The molecule has 0 heterocycles. The molecular formula is C54H43N. The summed E-state index contributed by atoms with van der Waals surface area (Å²) in [5.41, 5.74) is 21.5. The van der Waals surface area contributed by atoms with Crippen LogP contribution in [0.25, 0.3) is 55.6 Å². The van der Waals surface area contributed by atoms with Gasteiger partial charge in [-0.1, -0.05) is 167 Å². The van der Waals surface area contributed by atoms with Crippen molar-refractivity contribution < 1.29 is 0 Å². The second kappa shape index (κ2) is 12.6. The van der Waals surface area contributed by atoms with E-state index in [1.54, 1.807) is 0 Å². The quantitative estimate of drug-likeness (QED) is 0.166. The minimum atomic E-state index is -0.0561. The highest BCUT2D eigenvalue weighted by Crippen LogP contribution is 2.51. The number of hydrogen-bond donors (Lipinski definition) is 0. The second-order valence-electron chi connectivity index (χ2n) is 16.2. The Morgan fingerprint density at radius 2 is 0.618 bits per heavy atom. The van der Waals surface area contributed by atoms with Gasteiger partial charge >= 0.3 is 0 Å². The molecule has 0 saturated carbocycles. The molecule has 264 valence electrons. The van der Waals surface area contributed by atoms with Crippen LogP contribution in [0.1, 0.15) is 49.9 Å². The van der Waals surface area contributed by atoms with Gasteiger partial charge in [-0.25, -0.2) is 0 Å². The highest BCUT2D eigenvalue weighted by Gasteiger charge is 2.36. The van der Waals surface area contributed by atoms with Crippen LogP contribution in [0.2, 0.25) is 0 Å². The summed E-state index contributed by atoms with van der Waals surface area (Å²) < 4.78 is 0. The molecule has 0 radical (unpaired) electrons. The molecule has 0 spiro atoms. The normalized spacial score (nSPS) is 14.1. The standard InChI is InChI=1S/C54H43N/c1-53(2)49-25-10-8-23-45(49)47-29-27-40(34-51(47)53)38-18-13-21-43(32-38)55(42-20-12-17-37(31-42)36-15-6-5-7-16-36)44-22-14-19-39(33-44)41-28-30-48-46-24-9-11-26-50(46)54(3,4)52(48)35-41/h5-35H,1-4H3. The van der Waals surface area contributed by atoms with Gasteiger partial charge in [0.2, 0.25) is 0 Å². The van der Waals surface area contributed by atoms with Crippen molar-refractivity contribution in [3.05, 3.63) is 210 Å². The Kier molecular flexibility index (Phi) is 7.58. The van der Waals surface area contributed by atoms with Crippen LogP contribution >= 0.6 is 0 Å². The minimum absolute atomic E-state index is 0.0561. The molecule has 2 aliphatic rings. The number of nitrogens with zero attached hydrogens (tertiary/aromatic N) is 1. The lowest BCUT2D eigenvalue weighted by molar-refractivity contribution is 0.660. The van der Waals surface area contributed by atoms with Crippen molar-refractivity contribution in [2.24, 2.45) is 0 Å². The van der Waals surface area contributed by atoms with Crippen LogP contribution in [0, 0.1) is 0 Å². The summed E-state index contributed by atoms with van der Waals surface area (Å²) in [6, 6.07) is 69.5. The zero-order chi connectivity index (χ0) is 37.3. The Labute approximate surface area is 325 Å². The average molecular weight is 706 g/mol. The van der Waals surface area contributed by atoms with Gasteiger partial charge in [-0.2, -0.15) is 0 Å². The van der Waals surface area contributed by atoms with Crippen LogP contribution in [0.5, 0.6) is 0 Å². The van der Waals surface area contributed by atoms with E-state index in [4.69, 9.17) is 0 Å². The van der Waals surface area contributed by atoms with Gasteiger partial charge in [0.05, 0.1) is 0 Å². The van der Waals surface area contributed by atoms with Crippen LogP contribution in [-0.2, 0) is 10.8 Å². The zero-order valence-electron chi connectivity index (χ0n) is 31.8. The largest absolute Gasteiger partial charge is 0.310 e. The molecule has 2 aliphatic carbocycles. The zero-order valence-corrected chi connectivity index (χ0v) is 31.8. The van der Waals surface area contributed by atoms with Gasteiger partial charge in [-0.05, 0) is 126 Å². The van der Waals surface area contributed by atoms with Crippen molar-refractivity contribution in [2.75, 3.05) is 4.90 Å². The van der Waals surface area contributed by atoms with Gasteiger partial charge in [0, 0.05) is 27.9 Å². The lowest BCUT2D eigenvalue weighted by atomic mass is 9.81. The summed E-state index contributed by atoms with van der Waals surface area (Å²) in [6.07, 6.45) is 0. The lowest BCUT2D eigenvalue weighted by Crippen LogP contribution is -2.15. The molecular weight excluding hydrogens is 663 g/mol. The third-order valence-corrected chi connectivity index (χ3v) is 12.3. The van der Waals surface area contributed by atoms with Crippen LogP contribution in [0.4, 0.5) is 17.1 Å². The van der Waals surface area contributed by atoms with Gasteiger partial charge in [-0.15, -0.1) is 0 Å². The summed E-state index contributed by atoms with van der Waals surface area (Å²) in [5, 5.41) is 0. The molecule has 1 nitrogen and oxygen atoms in total. The van der Waals surface area contributed by atoms with Crippen molar-refractivity contribution in [1.29, 1.82) is 0 Å².